The number of aliphatic hydroxyl groups excluding tert-OH is 1. The van der Waals surface area contributed by atoms with E-state index in [-0.39, 0.29) is 5.91 Å². The molecule has 3 aromatic carbocycles. The Bertz CT molecular complexity index is 1160. The van der Waals surface area contributed by atoms with Crippen LogP contribution in [-0.2, 0) is 6.54 Å². The third-order valence-corrected chi connectivity index (χ3v) is 6.23. The Morgan fingerprint density at radius 2 is 1.73 bits per heavy atom. The number of carbonyl (C=O) groups excluding carboxylic acids is 1. The summed E-state index contributed by atoms with van der Waals surface area (Å²) in [5, 5.41) is 15.3. The molecule has 30 heavy (non-hydrogen) atoms. The predicted octanol–water partition coefficient (Wildman–Crippen LogP) is 5.70. The molecule has 1 unspecified atom stereocenters. The van der Waals surface area contributed by atoms with Crippen LogP contribution in [-0.4, -0.2) is 27.4 Å². The fourth-order valence-electron chi connectivity index (χ4n) is 3.26. The molecule has 4 rings (SSSR count). The zero-order valence-corrected chi connectivity index (χ0v) is 17.7. The number of rotatable bonds is 7. The minimum Gasteiger partial charge on any atom is -0.390 e. The van der Waals surface area contributed by atoms with Gasteiger partial charge in [-0.2, -0.15) is 0 Å². The van der Waals surface area contributed by atoms with Crippen LogP contribution in [0.1, 0.15) is 10.4 Å². The Labute approximate surface area is 184 Å². The van der Waals surface area contributed by atoms with Crippen molar-refractivity contribution in [2.24, 2.45) is 0 Å². The summed E-state index contributed by atoms with van der Waals surface area (Å²) in [6, 6.07) is 24.6. The van der Waals surface area contributed by atoms with E-state index in [0.29, 0.717) is 22.9 Å². The van der Waals surface area contributed by atoms with Crippen molar-refractivity contribution in [3.63, 3.8) is 0 Å². The highest BCUT2D eigenvalue weighted by molar-refractivity contribution is 7.99. The molecule has 0 fully saturated rings. The van der Waals surface area contributed by atoms with Crippen LogP contribution in [0.4, 0.5) is 5.69 Å². The maximum absolute atomic E-state index is 12.5. The highest BCUT2D eigenvalue weighted by atomic mass is 35.5. The molecule has 6 heteroatoms. The number of halogens is 1. The minimum atomic E-state index is -0.522. The number of fused-ring (bicyclic) bond motifs is 1. The van der Waals surface area contributed by atoms with Gasteiger partial charge in [0.1, 0.15) is 0 Å². The van der Waals surface area contributed by atoms with Gasteiger partial charge in [0.2, 0.25) is 0 Å². The van der Waals surface area contributed by atoms with E-state index in [0.717, 1.165) is 21.5 Å². The summed E-state index contributed by atoms with van der Waals surface area (Å²) in [5.74, 6) is 0.319. The number of hydrogen-bond donors (Lipinski definition) is 2. The average molecular weight is 437 g/mol. The number of hydrogen-bond acceptors (Lipinski definition) is 3. The summed E-state index contributed by atoms with van der Waals surface area (Å²) >= 11 is 7.42. The molecule has 0 aliphatic rings. The lowest BCUT2D eigenvalue weighted by atomic mass is 10.2. The Balaban J connectivity index is 1.40. The van der Waals surface area contributed by atoms with Crippen molar-refractivity contribution >= 4 is 45.9 Å². The van der Waals surface area contributed by atoms with E-state index in [2.05, 4.69) is 28.1 Å². The lowest BCUT2D eigenvalue weighted by Gasteiger charge is -2.15. The first-order valence-corrected chi connectivity index (χ1v) is 11.0. The largest absolute Gasteiger partial charge is 0.390 e. The standard InChI is InChI=1S/C24H21ClN2O2S/c25-19-11-9-18(10-12-19)24(29)26-21-6-2-4-8-23(21)30-16-20(28)15-27-14-13-17-5-1-3-7-22(17)27/h1-14,20,28H,15-16H2,(H,26,29). The molecule has 4 nitrogen and oxygen atoms in total. The molecular weight excluding hydrogens is 416 g/mol. The number of amides is 1. The molecule has 0 saturated heterocycles. The number of nitrogens with one attached hydrogen (secondary N) is 1. The third kappa shape index (κ3) is 4.87. The fraction of sp³-hybridized carbons (Fsp3) is 0.125. The number of nitrogens with zero attached hydrogens (tertiary/aromatic N) is 1. The number of carbonyl (C=O) groups is 1. The van der Waals surface area contributed by atoms with Crippen molar-refractivity contribution in [2.75, 3.05) is 11.1 Å². The lowest BCUT2D eigenvalue weighted by Crippen LogP contribution is -2.18. The summed E-state index contributed by atoms with van der Waals surface area (Å²) in [6.45, 7) is 0.514. The Kier molecular flexibility index (Phi) is 6.43. The third-order valence-electron chi connectivity index (χ3n) is 4.76. The fourth-order valence-corrected chi connectivity index (χ4v) is 4.31. The normalized spacial score (nSPS) is 12.1. The van der Waals surface area contributed by atoms with Gasteiger partial charge in [0.15, 0.2) is 0 Å². The maximum atomic E-state index is 12.5. The van der Waals surface area contributed by atoms with Crippen LogP contribution in [0.15, 0.2) is 90.0 Å². The Morgan fingerprint density at radius 1 is 1.00 bits per heavy atom. The van der Waals surface area contributed by atoms with Gasteiger partial charge < -0.3 is 15.0 Å². The van der Waals surface area contributed by atoms with E-state index >= 15 is 0 Å². The summed E-state index contributed by atoms with van der Waals surface area (Å²) in [7, 11) is 0. The van der Waals surface area contributed by atoms with Crippen molar-refractivity contribution in [2.45, 2.75) is 17.5 Å². The molecule has 0 bridgehead atoms. The van der Waals surface area contributed by atoms with E-state index in [9.17, 15) is 9.90 Å². The number of para-hydroxylation sites is 2. The van der Waals surface area contributed by atoms with Gasteiger partial charge in [-0.3, -0.25) is 4.79 Å². The van der Waals surface area contributed by atoms with E-state index in [1.165, 1.54) is 11.8 Å². The van der Waals surface area contributed by atoms with Crippen LogP contribution in [0.25, 0.3) is 10.9 Å². The minimum absolute atomic E-state index is 0.195. The smallest absolute Gasteiger partial charge is 0.255 e. The molecular formula is C24H21ClN2O2S. The van der Waals surface area contributed by atoms with Gasteiger partial charge in [0.25, 0.3) is 5.91 Å². The van der Waals surface area contributed by atoms with Crippen molar-refractivity contribution in [1.82, 2.24) is 4.57 Å². The second kappa shape index (κ2) is 9.39. The van der Waals surface area contributed by atoms with E-state index in [1.807, 2.05) is 42.6 Å². The zero-order chi connectivity index (χ0) is 20.9. The van der Waals surface area contributed by atoms with Gasteiger partial charge >= 0.3 is 0 Å². The topological polar surface area (TPSA) is 54.3 Å². The van der Waals surface area contributed by atoms with Crippen LogP contribution in [0.3, 0.4) is 0 Å². The van der Waals surface area contributed by atoms with E-state index in [4.69, 9.17) is 11.6 Å². The van der Waals surface area contributed by atoms with Crippen LogP contribution < -0.4 is 5.32 Å². The van der Waals surface area contributed by atoms with Gasteiger partial charge in [0, 0.05) is 39.5 Å². The molecule has 0 spiro atoms. The average Bonchev–Trinajstić information content (AvgIpc) is 3.16. The molecule has 0 aliphatic carbocycles. The second-order valence-corrected chi connectivity index (χ2v) is 8.45. The van der Waals surface area contributed by atoms with Crippen LogP contribution in [0, 0.1) is 0 Å². The van der Waals surface area contributed by atoms with Crippen LogP contribution in [0.2, 0.25) is 5.02 Å². The van der Waals surface area contributed by atoms with E-state index in [1.54, 1.807) is 24.3 Å². The quantitative estimate of drug-likeness (QED) is 0.365. The number of benzene rings is 3. The number of thioether (sulfide) groups is 1. The maximum Gasteiger partial charge on any atom is 0.255 e. The first-order chi connectivity index (χ1) is 14.6. The molecule has 0 radical (unpaired) electrons. The lowest BCUT2D eigenvalue weighted by molar-refractivity contribution is 0.102. The number of anilines is 1. The zero-order valence-electron chi connectivity index (χ0n) is 16.2. The highest BCUT2D eigenvalue weighted by Crippen LogP contribution is 2.28. The van der Waals surface area contributed by atoms with Gasteiger partial charge in [-0.05, 0) is 53.9 Å². The summed E-state index contributed by atoms with van der Waals surface area (Å²) in [5.41, 5.74) is 2.37. The molecule has 1 aromatic heterocycles. The first kappa shape index (κ1) is 20.5. The second-order valence-electron chi connectivity index (χ2n) is 6.95. The van der Waals surface area contributed by atoms with Crippen LogP contribution in [0.5, 0.6) is 0 Å². The van der Waals surface area contributed by atoms with Gasteiger partial charge in [-0.1, -0.05) is 41.9 Å². The molecule has 152 valence electrons. The summed E-state index contributed by atoms with van der Waals surface area (Å²) in [4.78, 5) is 13.4. The van der Waals surface area contributed by atoms with Gasteiger partial charge in [0.05, 0.1) is 11.8 Å². The SMILES string of the molecule is O=C(Nc1ccccc1SCC(O)Cn1ccc2ccccc21)c1ccc(Cl)cc1. The van der Waals surface area contributed by atoms with Crippen molar-refractivity contribution in [1.29, 1.82) is 0 Å². The number of aliphatic hydroxyl groups is 1. The monoisotopic (exact) mass is 436 g/mol. The molecule has 0 saturated carbocycles. The molecule has 1 heterocycles. The van der Waals surface area contributed by atoms with Crippen LogP contribution >= 0.6 is 23.4 Å². The Hall–Kier alpha value is -2.73. The highest BCUT2D eigenvalue weighted by Gasteiger charge is 2.12. The summed E-state index contributed by atoms with van der Waals surface area (Å²) < 4.78 is 2.06. The van der Waals surface area contributed by atoms with Gasteiger partial charge in [-0.15, -0.1) is 11.8 Å². The molecule has 1 atom stereocenters. The van der Waals surface area contributed by atoms with Crippen molar-refractivity contribution < 1.29 is 9.90 Å². The Morgan fingerprint density at radius 3 is 2.57 bits per heavy atom. The molecule has 0 aliphatic heterocycles. The van der Waals surface area contributed by atoms with Crippen molar-refractivity contribution in [3.8, 4) is 0 Å². The van der Waals surface area contributed by atoms with Gasteiger partial charge in [-0.25, -0.2) is 0 Å². The van der Waals surface area contributed by atoms with E-state index < -0.39 is 6.10 Å². The predicted molar refractivity (Wildman–Crippen MR) is 125 cm³/mol. The number of aromatic nitrogens is 1. The molecule has 4 aromatic rings. The molecule has 1 amide bonds. The summed E-state index contributed by atoms with van der Waals surface area (Å²) in [6.07, 6.45) is 1.48. The van der Waals surface area contributed by atoms with Crippen molar-refractivity contribution in [3.05, 3.63) is 95.6 Å². The first-order valence-electron chi connectivity index (χ1n) is 9.61. The molecule has 2 N–H and O–H groups in total.